The molecule has 0 radical (unpaired) electrons. The van der Waals surface area contributed by atoms with Crippen LogP contribution in [0.25, 0.3) is 0 Å². The van der Waals surface area contributed by atoms with E-state index < -0.39 is 0 Å². The zero-order chi connectivity index (χ0) is 20.8. The number of hydrogen-bond donors (Lipinski definition) is 1. The topological polar surface area (TPSA) is 79.3 Å². The first-order valence-electron chi connectivity index (χ1n) is 9.60. The molecule has 2 amide bonds. The maximum Gasteiger partial charge on any atom is 0.260 e. The highest BCUT2D eigenvalue weighted by Gasteiger charge is 2.33. The lowest BCUT2D eigenvalue weighted by atomic mass is 10.2. The van der Waals surface area contributed by atoms with Gasteiger partial charge in [0, 0.05) is 31.7 Å². The Morgan fingerprint density at radius 2 is 1.69 bits per heavy atom. The highest BCUT2D eigenvalue weighted by molar-refractivity contribution is 5.93. The van der Waals surface area contributed by atoms with Crippen LogP contribution in [-0.2, 0) is 9.59 Å². The van der Waals surface area contributed by atoms with Gasteiger partial charge in [-0.2, -0.15) is 0 Å². The molecule has 1 aliphatic rings. The third-order valence-corrected chi connectivity index (χ3v) is 4.91. The van der Waals surface area contributed by atoms with Gasteiger partial charge in [0.2, 0.25) is 5.91 Å². The van der Waals surface area contributed by atoms with E-state index in [1.807, 2.05) is 12.1 Å². The van der Waals surface area contributed by atoms with Crippen molar-refractivity contribution in [1.29, 1.82) is 0 Å². The quantitative estimate of drug-likeness (QED) is 0.703. The van der Waals surface area contributed by atoms with Gasteiger partial charge in [-0.25, -0.2) is 0 Å². The molecule has 2 aromatic rings. The predicted octanol–water partition coefficient (Wildman–Crippen LogP) is 2.82. The number of ether oxygens (including phenoxy) is 2. The zero-order valence-electron chi connectivity index (χ0n) is 16.7. The van der Waals surface area contributed by atoms with E-state index >= 15 is 0 Å². The molecule has 0 atom stereocenters. The highest BCUT2D eigenvalue weighted by Crippen LogP contribution is 2.29. The molecule has 1 fully saturated rings. The van der Waals surface area contributed by atoms with Crippen molar-refractivity contribution in [2.75, 3.05) is 32.2 Å². The van der Waals surface area contributed by atoms with E-state index in [1.54, 1.807) is 43.3 Å². The van der Waals surface area contributed by atoms with E-state index in [0.29, 0.717) is 23.7 Å². The number of methoxy groups -OCH3 is 1. The fraction of sp³-hybridized carbons (Fsp3) is 0.364. The number of aromatic hydroxyl groups is 1. The number of amides is 2. The van der Waals surface area contributed by atoms with Crippen molar-refractivity contribution in [2.45, 2.75) is 25.3 Å². The molecule has 1 N–H and O–H groups in total. The molecule has 0 saturated heterocycles. The minimum atomic E-state index is -0.140. The summed E-state index contributed by atoms with van der Waals surface area (Å²) in [5.41, 5.74) is 0.691. The zero-order valence-corrected chi connectivity index (χ0v) is 16.7. The van der Waals surface area contributed by atoms with Crippen molar-refractivity contribution in [3.63, 3.8) is 0 Å². The van der Waals surface area contributed by atoms with Gasteiger partial charge >= 0.3 is 0 Å². The summed E-state index contributed by atoms with van der Waals surface area (Å²) in [5, 5.41) is 9.38. The molecule has 154 valence electrons. The highest BCUT2D eigenvalue weighted by atomic mass is 16.5. The van der Waals surface area contributed by atoms with Crippen LogP contribution in [0.1, 0.15) is 19.3 Å². The smallest absolute Gasteiger partial charge is 0.260 e. The maximum atomic E-state index is 12.7. The fourth-order valence-corrected chi connectivity index (χ4v) is 3.06. The number of carbonyl (C=O) groups excluding carboxylic acids is 2. The second-order valence-electron chi connectivity index (χ2n) is 6.98. The molecule has 0 unspecified atom stereocenters. The number of hydrogen-bond acceptors (Lipinski definition) is 5. The van der Waals surface area contributed by atoms with Gasteiger partial charge in [0.1, 0.15) is 5.75 Å². The second-order valence-corrected chi connectivity index (χ2v) is 6.98. The van der Waals surface area contributed by atoms with Crippen molar-refractivity contribution in [3.05, 3.63) is 48.5 Å². The van der Waals surface area contributed by atoms with Crippen LogP contribution >= 0.6 is 0 Å². The van der Waals surface area contributed by atoms with Crippen LogP contribution < -0.4 is 14.4 Å². The van der Waals surface area contributed by atoms with Crippen LogP contribution in [-0.4, -0.2) is 55.2 Å². The number of nitrogens with zero attached hydrogens (tertiary/aromatic N) is 2. The first-order valence-corrected chi connectivity index (χ1v) is 9.60. The van der Waals surface area contributed by atoms with E-state index in [-0.39, 0.29) is 36.6 Å². The normalized spacial score (nSPS) is 12.9. The fourth-order valence-electron chi connectivity index (χ4n) is 3.06. The van der Waals surface area contributed by atoms with Gasteiger partial charge in [0.25, 0.3) is 5.91 Å². The average molecular weight is 398 g/mol. The van der Waals surface area contributed by atoms with Crippen LogP contribution in [0.15, 0.2) is 48.5 Å². The summed E-state index contributed by atoms with van der Waals surface area (Å²) in [7, 11) is 3.24. The van der Waals surface area contributed by atoms with E-state index in [2.05, 4.69) is 0 Å². The lowest BCUT2D eigenvalue weighted by molar-refractivity contribution is -0.134. The number of rotatable bonds is 9. The minimum Gasteiger partial charge on any atom is -0.508 e. The Morgan fingerprint density at radius 1 is 1.03 bits per heavy atom. The molecule has 7 nitrogen and oxygen atoms in total. The lowest BCUT2D eigenvalue weighted by Gasteiger charge is -2.24. The van der Waals surface area contributed by atoms with Crippen molar-refractivity contribution in [2.24, 2.45) is 0 Å². The van der Waals surface area contributed by atoms with Crippen molar-refractivity contribution >= 4 is 17.5 Å². The Labute approximate surface area is 170 Å². The van der Waals surface area contributed by atoms with Gasteiger partial charge in [-0.15, -0.1) is 0 Å². The Bertz CT molecular complexity index is 849. The van der Waals surface area contributed by atoms with Crippen molar-refractivity contribution in [3.8, 4) is 17.2 Å². The van der Waals surface area contributed by atoms with Crippen LogP contribution in [0.2, 0.25) is 0 Å². The molecule has 0 aliphatic heterocycles. The summed E-state index contributed by atoms with van der Waals surface area (Å²) in [6.45, 7) is 0.249. The maximum absolute atomic E-state index is 12.7. The number of phenols is 1. The molecule has 0 spiro atoms. The Balaban J connectivity index is 1.55. The first kappa shape index (κ1) is 20.5. The van der Waals surface area contributed by atoms with E-state index in [1.165, 1.54) is 17.0 Å². The van der Waals surface area contributed by atoms with Crippen LogP contribution in [0.3, 0.4) is 0 Å². The SMILES string of the molecule is COc1ccccc1OCC(=O)N(CCC(=O)N(C)c1ccc(O)cc1)C1CC1. The van der Waals surface area contributed by atoms with Crippen LogP contribution in [0, 0.1) is 0 Å². The summed E-state index contributed by atoms with van der Waals surface area (Å²) < 4.78 is 10.9. The predicted molar refractivity (Wildman–Crippen MR) is 109 cm³/mol. The number of benzene rings is 2. The third kappa shape index (κ3) is 5.40. The van der Waals surface area contributed by atoms with Gasteiger partial charge < -0.3 is 24.4 Å². The van der Waals surface area contributed by atoms with Crippen molar-refractivity contribution in [1.82, 2.24) is 4.90 Å². The number of para-hydroxylation sites is 2. The third-order valence-electron chi connectivity index (χ3n) is 4.91. The molecule has 29 heavy (non-hydrogen) atoms. The van der Waals surface area contributed by atoms with E-state index in [0.717, 1.165) is 12.8 Å². The molecule has 3 rings (SSSR count). The largest absolute Gasteiger partial charge is 0.508 e. The molecule has 1 aliphatic carbocycles. The minimum absolute atomic E-state index is 0.0974. The van der Waals surface area contributed by atoms with Crippen molar-refractivity contribution < 1.29 is 24.2 Å². The standard InChI is InChI=1S/C22H26N2O5/c1-23(16-9-11-18(25)12-10-16)21(26)13-14-24(17-7-8-17)22(27)15-29-20-6-4-3-5-19(20)28-2/h3-6,9-12,17,25H,7-8,13-15H2,1-2H3. The Morgan fingerprint density at radius 3 is 2.31 bits per heavy atom. The molecule has 1 saturated carbocycles. The molecule has 0 aromatic heterocycles. The monoisotopic (exact) mass is 398 g/mol. The first-order chi connectivity index (χ1) is 14.0. The Hall–Kier alpha value is -3.22. The average Bonchev–Trinajstić information content (AvgIpc) is 3.57. The summed E-state index contributed by atoms with van der Waals surface area (Å²) in [6, 6.07) is 13.8. The van der Waals surface area contributed by atoms with Gasteiger partial charge in [0.15, 0.2) is 18.1 Å². The second kappa shape index (κ2) is 9.32. The molecule has 0 bridgehead atoms. The molecular weight excluding hydrogens is 372 g/mol. The van der Waals surface area contributed by atoms with Gasteiger partial charge in [-0.05, 0) is 49.2 Å². The van der Waals surface area contributed by atoms with Gasteiger partial charge in [0.05, 0.1) is 7.11 Å². The summed E-state index contributed by atoms with van der Waals surface area (Å²) >= 11 is 0. The van der Waals surface area contributed by atoms with E-state index in [4.69, 9.17) is 9.47 Å². The molecular formula is C22H26N2O5. The molecule has 7 heteroatoms. The molecule has 2 aromatic carbocycles. The number of anilines is 1. The molecule has 0 heterocycles. The Kier molecular flexibility index (Phi) is 6.59. The summed E-state index contributed by atoms with van der Waals surface area (Å²) in [6.07, 6.45) is 2.11. The summed E-state index contributed by atoms with van der Waals surface area (Å²) in [4.78, 5) is 28.5. The van der Waals surface area contributed by atoms with Gasteiger partial charge in [-0.1, -0.05) is 12.1 Å². The summed E-state index contributed by atoms with van der Waals surface area (Å²) in [5.74, 6) is 1.000. The van der Waals surface area contributed by atoms with Gasteiger partial charge in [-0.3, -0.25) is 9.59 Å². The number of carbonyl (C=O) groups is 2. The van der Waals surface area contributed by atoms with E-state index in [9.17, 15) is 14.7 Å². The lowest BCUT2D eigenvalue weighted by Crippen LogP contribution is -2.39. The number of phenolic OH excluding ortho intramolecular Hbond substituents is 1. The van der Waals surface area contributed by atoms with Crippen LogP contribution in [0.5, 0.6) is 17.2 Å². The van der Waals surface area contributed by atoms with Crippen LogP contribution in [0.4, 0.5) is 5.69 Å².